The summed E-state index contributed by atoms with van der Waals surface area (Å²) in [5.74, 6) is 1.06. The SMILES string of the molecule is NC1Cc2nc(-c3ccccc3Cl)cn2C1. The monoisotopic (exact) mass is 233 g/mol. The summed E-state index contributed by atoms with van der Waals surface area (Å²) in [4.78, 5) is 4.57. The average molecular weight is 234 g/mol. The lowest BCUT2D eigenvalue weighted by Crippen LogP contribution is -2.20. The molecule has 1 aromatic heterocycles. The molecule has 0 radical (unpaired) electrons. The molecular formula is C12H12ClN3. The zero-order valence-corrected chi connectivity index (χ0v) is 9.48. The third kappa shape index (κ3) is 1.52. The van der Waals surface area contributed by atoms with Gasteiger partial charge in [0.1, 0.15) is 5.82 Å². The van der Waals surface area contributed by atoms with Gasteiger partial charge in [-0.05, 0) is 6.07 Å². The second kappa shape index (κ2) is 3.61. The van der Waals surface area contributed by atoms with E-state index in [4.69, 9.17) is 17.3 Å². The fourth-order valence-corrected chi connectivity index (χ4v) is 2.36. The van der Waals surface area contributed by atoms with E-state index in [2.05, 4.69) is 9.55 Å². The number of hydrogen-bond donors (Lipinski definition) is 1. The molecule has 0 fully saturated rings. The second-order valence-electron chi connectivity index (χ2n) is 4.14. The molecule has 0 saturated carbocycles. The Morgan fingerprint density at radius 2 is 2.19 bits per heavy atom. The zero-order valence-electron chi connectivity index (χ0n) is 8.73. The van der Waals surface area contributed by atoms with Gasteiger partial charge in [-0.3, -0.25) is 0 Å². The van der Waals surface area contributed by atoms with Crippen molar-refractivity contribution in [3.8, 4) is 11.3 Å². The van der Waals surface area contributed by atoms with Gasteiger partial charge >= 0.3 is 0 Å². The largest absolute Gasteiger partial charge is 0.333 e. The van der Waals surface area contributed by atoms with Gasteiger partial charge in [0, 0.05) is 30.8 Å². The summed E-state index contributed by atoms with van der Waals surface area (Å²) in [7, 11) is 0. The summed E-state index contributed by atoms with van der Waals surface area (Å²) in [5.41, 5.74) is 7.78. The Balaban J connectivity index is 2.04. The highest BCUT2D eigenvalue weighted by Gasteiger charge is 2.21. The van der Waals surface area contributed by atoms with Crippen LogP contribution in [-0.4, -0.2) is 15.6 Å². The number of nitrogens with two attached hydrogens (primary N) is 1. The van der Waals surface area contributed by atoms with Crippen molar-refractivity contribution in [3.05, 3.63) is 41.3 Å². The van der Waals surface area contributed by atoms with Gasteiger partial charge < -0.3 is 10.3 Å². The van der Waals surface area contributed by atoms with Crippen LogP contribution >= 0.6 is 11.6 Å². The lowest BCUT2D eigenvalue weighted by Gasteiger charge is -2.01. The standard InChI is InChI=1S/C12H12ClN3/c13-10-4-2-1-3-9(10)11-7-16-6-8(14)5-12(16)15-11/h1-4,7-8H,5-6,14H2. The fraction of sp³-hybridized carbons (Fsp3) is 0.250. The van der Waals surface area contributed by atoms with Crippen LogP contribution in [-0.2, 0) is 13.0 Å². The number of rotatable bonds is 1. The molecule has 16 heavy (non-hydrogen) atoms. The second-order valence-corrected chi connectivity index (χ2v) is 4.55. The smallest absolute Gasteiger partial charge is 0.111 e. The Morgan fingerprint density at radius 3 is 2.94 bits per heavy atom. The Labute approximate surface area is 98.9 Å². The van der Waals surface area contributed by atoms with Gasteiger partial charge in [-0.25, -0.2) is 4.98 Å². The first-order valence-corrected chi connectivity index (χ1v) is 5.68. The molecule has 2 heterocycles. The Hall–Kier alpha value is -1.32. The molecular weight excluding hydrogens is 222 g/mol. The van der Waals surface area contributed by atoms with E-state index in [1.165, 1.54) is 0 Å². The minimum absolute atomic E-state index is 0.211. The summed E-state index contributed by atoms with van der Waals surface area (Å²) < 4.78 is 2.11. The van der Waals surface area contributed by atoms with Crippen LogP contribution in [0.1, 0.15) is 5.82 Å². The Morgan fingerprint density at radius 1 is 1.38 bits per heavy atom. The van der Waals surface area contributed by atoms with E-state index < -0.39 is 0 Å². The van der Waals surface area contributed by atoms with Crippen LogP contribution in [0.4, 0.5) is 0 Å². The summed E-state index contributed by atoms with van der Waals surface area (Å²) >= 11 is 6.14. The first kappa shape index (κ1) is 9.87. The average Bonchev–Trinajstić information content (AvgIpc) is 2.75. The first-order chi connectivity index (χ1) is 7.74. The van der Waals surface area contributed by atoms with Crippen LogP contribution in [0.3, 0.4) is 0 Å². The number of halogens is 1. The molecule has 0 bridgehead atoms. The van der Waals surface area contributed by atoms with Crippen molar-refractivity contribution in [2.45, 2.75) is 19.0 Å². The lowest BCUT2D eigenvalue weighted by atomic mass is 10.2. The normalized spacial score (nSPS) is 18.8. The molecule has 1 aliphatic rings. The van der Waals surface area contributed by atoms with Crippen molar-refractivity contribution in [1.29, 1.82) is 0 Å². The number of aromatic nitrogens is 2. The predicted molar refractivity (Wildman–Crippen MR) is 64.4 cm³/mol. The van der Waals surface area contributed by atoms with Gasteiger partial charge in [-0.15, -0.1) is 0 Å². The van der Waals surface area contributed by atoms with Crippen LogP contribution in [0.5, 0.6) is 0 Å². The van der Waals surface area contributed by atoms with E-state index in [1.807, 2.05) is 30.5 Å². The van der Waals surface area contributed by atoms with Gasteiger partial charge in [0.05, 0.1) is 10.7 Å². The van der Waals surface area contributed by atoms with E-state index in [1.54, 1.807) is 0 Å². The maximum Gasteiger partial charge on any atom is 0.111 e. The molecule has 0 saturated heterocycles. The minimum atomic E-state index is 0.211. The van der Waals surface area contributed by atoms with Crippen LogP contribution in [0.15, 0.2) is 30.5 Å². The Kier molecular flexibility index (Phi) is 2.23. The molecule has 1 aromatic carbocycles. The molecule has 0 amide bonds. The highest BCUT2D eigenvalue weighted by molar-refractivity contribution is 6.33. The third-order valence-electron chi connectivity index (χ3n) is 2.88. The summed E-state index contributed by atoms with van der Waals surface area (Å²) in [6, 6.07) is 7.97. The van der Waals surface area contributed by atoms with Crippen molar-refractivity contribution >= 4 is 11.6 Å². The number of hydrogen-bond acceptors (Lipinski definition) is 2. The van der Waals surface area contributed by atoms with E-state index in [0.29, 0.717) is 0 Å². The molecule has 0 aliphatic carbocycles. The highest BCUT2D eigenvalue weighted by atomic mass is 35.5. The van der Waals surface area contributed by atoms with Crippen molar-refractivity contribution in [2.75, 3.05) is 0 Å². The highest BCUT2D eigenvalue weighted by Crippen LogP contribution is 2.28. The van der Waals surface area contributed by atoms with E-state index in [-0.39, 0.29) is 6.04 Å². The van der Waals surface area contributed by atoms with Gasteiger partial charge in [-0.1, -0.05) is 29.8 Å². The van der Waals surface area contributed by atoms with E-state index >= 15 is 0 Å². The zero-order chi connectivity index (χ0) is 11.1. The first-order valence-electron chi connectivity index (χ1n) is 5.30. The number of benzene rings is 1. The summed E-state index contributed by atoms with van der Waals surface area (Å²) in [6.45, 7) is 0.854. The molecule has 1 unspecified atom stereocenters. The molecule has 82 valence electrons. The van der Waals surface area contributed by atoms with Crippen molar-refractivity contribution in [3.63, 3.8) is 0 Å². The number of fused-ring (bicyclic) bond motifs is 1. The van der Waals surface area contributed by atoms with Gasteiger partial charge in [0.15, 0.2) is 0 Å². The fourth-order valence-electron chi connectivity index (χ4n) is 2.13. The summed E-state index contributed by atoms with van der Waals surface area (Å²) in [5, 5.41) is 0.739. The molecule has 2 N–H and O–H groups in total. The topological polar surface area (TPSA) is 43.8 Å². The van der Waals surface area contributed by atoms with E-state index in [0.717, 1.165) is 35.1 Å². The van der Waals surface area contributed by atoms with E-state index in [9.17, 15) is 0 Å². The third-order valence-corrected chi connectivity index (χ3v) is 3.21. The lowest BCUT2D eigenvalue weighted by molar-refractivity contribution is 0.641. The predicted octanol–water partition coefficient (Wildman–Crippen LogP) is 2.09. The van der Waals surface area contributed by atoms with Crippen LogP contribution in [0.25, 0.3) is 11.3 Å². The van der Waals surface area contributed by atoms with Gasteiger partial charge in [-0.2, -0.15) is 0 Å². The number of nitrogens with zero attached hydrogens (tertiary/aromatic N) is 2. The van der Waals surface area contributed by atoms with Gasteiger partial charge in [0.25, 0.3) is 0 Å². The van der Waals surface area contributed by atoms with Crippen LogP contribution in [0.2, 0.25) is 5.02 Å². The molecule has 3 rings (SSSR count). The summed E-state index contributed by atoms with van der Waals surface area (Å²) in [6.07, 6.45) is 2.88. The van der Waals surface area contributed by atoms with Gasteiger partial charge in [0.2, 0.25) is 0 Å². The van der Waals surface area contributed by atoms with Crippen molar-refractivity contribution in [2.24, 2.45) is 5.73 Å². The van der Waals surface area contributed by atoms with Crippen molar-refractivity contribution in [1.82, 2.24) is 9.55 Å². The molecule has 4 heteroatoms. The molecule has 2 aromatic rings. The quantitative estimate of drug-likeness (QED) is 0.820. The number of imidazole rings is 1. The van der Waals surface area contributed by atoms with Crippen LogP contribution in [0, 0.1) is 0 Å². The molecule has 1 atom stereocenters. The molecule has 3 nitrogen and oxygen atoms in total. The molecule has 1 aliphatic heterocycles. The maximum atomic E-state index is 6.14. The molecule has 0 spiro atoms. The maximum absolute atomic E-state index is 6.14. The van der Waals surface area contributed by atoms with Crippen LogP contribution < -0.4 is 5.73 Å². The minimum Gasteiger partial charge on any atom is -0.333 e. The van der Waals surface area contributed by atoms with Crippen molar-refractivity contribution < 1.29 is 0 Å². The Bertz CT molecular complexity index is 509.